The molecule has 0 fully saturated rings. The fourth-order valence-electron chi connectivity index (χ4n) is 1.97. The molecule has 23 heavy (non-hydrogen) atoms. The minimum absolute atomic E-state index is 0.334. The lowest BCUT2D eigenvalue weighted by atomic mass is 10.2. The first kappa shape index (κ1) is 14.7. The summed E-state index contributed by atoms with van der Waals surface area (Å²) in [6.45, 7) is 2.13. The zero-order valence-corrected chi connectivity index (χ0v) is 12.5. The van der Waals surface area contributed by atoms with E-state index >= 15 is 0 Å². The van der Waals surface area contributed by atoms with Gasteiger partial charge in [-0.1, -0.05) is 0 Å². The molecule has 0 aliphatic rings. The van der Waals surface area contributed by atoms with Crippen molar-refractivity contribution in [3.05, 3.63) is 60.7 Å². The second kappa shape index (κ2) is 6.69. The molecule has 0 saturated heterocycles. The molecule has 7 heteroatoms. The summed E-state index contributed by atoms with van der Waals surface area (Å²) in [5, 5.41) is 7.42. The summed E-state index contributed by atoms with van der Waals surface area (Å²) in [5.41, 5.74) is 2.16. The number of hydrogen-bond acceptors (Lipinski definition) is 6. The highest BCUT2D eigenvalue weighted by Gasteiger charge is 2.07. The lowest BCUT2D eigenvalue weighted by molar-refractivity contribution is 0.0526. The van der Waals surface area contributed by atoms with Gasteiger partial charge in [0, 0.05) is 18.1 Å². The number of nitrogens with one attached hydrogen (secondary N) is 1. The maximum Gasteiger partial charge on any atom is 0.338 e. The van der Waals surface area contributed by atoms with Crippen LogP contribution in [-0.4, -0.2) is 32.3 Å². The fourth-order valence-corrected chi connectivity index (χ4v) is 1.97. The third kappa shape index (κ3) is 3.52. The van der Waals surface area contributed by atoms with Gasteiger partial charge in [0.2, 0.25) is 5.95 Å². The van der Waals surface area contributed by atoms with E-state index in [1.54, 1.807) is 54.6 Å². The Morgan fingerprint density at radius 3 is 2.61 bits per heavy atom. The molecule has 1 N–H and O–H groups in total. The second-order valence-corrected chi connectivity index (χ2v) is 4.64. The summed E-state index contributed by atoms with van der Waals surface area (Å²) in [6.07, 6.45) is 5.00. The van der Waals surface area contributed by atoms with Gasteiger partial charge in [-0.25, -0.2) is 9.48 Å². The van der Waals surface area contributed by atoms with Gasteiger partial charge >= 0.3 is 5.97 Å². The third-order valence-corrected chi connectivity index (χ3v) is 3.07. The molecule has 0 atom stereocenters. The quantitative estimate of drug-likeness (QED) is 0.729. The van der Waals surface area contributed by atoms with E-state index in [2.05, 4.69) is 20.4 Å². The van der Waals surface area contributed by atoms with E-state index in [-0.39, 0.29) is 5.97 Å². The van der Waals surface area contributed by atoms with Crippen LogP contribution in [0.2, 0.25) is 0 Å². The molecule has 0 unspecified atom stereocenters. The van der Waals surface area contributed by atoms with Crippen LogP contribution in [-0.2, 0) is 4.74 Å². The summed E-state index contributed by atoms with van der Waals surface area (Å²) in [5.74, 6) is 0.129. The van der Waals surface area contributed by atoms with Crippen LogP contribution in [0.25, 0.3) is 5.69 Å². The largest absolute Gasteiger partial charge is 0.462 e. The van der Waals surface area contributed by atoms with Gasteiger partial charge in [0.05, 0.1) is 17.9 Å². The Morgan fingerprint density at radius 2 is 1.91 bits per heavy atom. The average Bonchev–Trinajstić information content (AvgIpc) is 3.05. The van der Waals surface area contributed by atoms with Crippen LogP contribution in [0, 0.1) is 0 Å². The molecule has 0 amide bonds. The molecule has 0 bridgehead atoms. The first-order valence-electron chi connectivity index (χ1n) is 7.12. The van der Waals surface area contributed by atoms with E-state index in [4.69, 9.17) is 4.74 Å². The zero-order valence-electron chi connectivity index (χ0n) is 12.5. The molecule has 7 nitrogen and oxygen atoms in total. The van der Waals surface area contributed by atoms with Crippen molar-refractivity contribution < 1.29 is 9.53 Å². The van der Waals surface area contributed by atoms with Gasteiger partial charge < -0.3 is 10.1 Å². The first-order chi connectivity index (χ1) is 11.3. The predicted molar refractivity (Wildman–Crippen MR) is 84.8 cm³/mol. The highest BCUT2D eigenvalue weighted by atomic mass is 16.5. The van der Waals surface area contributed by atoms with Crippen molar-refractivity contribution in [2.75, 3.05) is 11.9 Å². The standard InChI is InChI=1S/C16H15N5O2/c1-2-23-15(22)12-3-5-13(6-4-12)19-16-18-11-21(20-16)14-7-9-17-10-8-14/h3-11H,2H2,1H3,(H,19,20). The molecule has 1 aromatic carbocycles. The number of rotatable bonds is 5. The summed E-state index contributed by atoms with van der Waals surface area (Å²) in [7, 11) is 0. The highest BCUT2D eigenvalue weighted by Crippen LogP contribution is 2.15. The summed E-state index contributed by atoms with van der Waals surface area (Å²) < 4.78 is 6.60. The summed E-state index contributed by atoms with van der Waals surface area (Å²) in [6, 6.07) is 10.6. The van der Waals surface area contributed by atoms with E-state index in [0.29, 0.717) is 18.1 Å². The maximum absolute atomic E-state index is 11.6. The Morgan fingerprint density at radius 1 is 1.17 bits per heavy atom. The minimum Gasteiger partial charge on any atom is -0.462 e. The van der Waals surface area contributed by atoms with Crippen molar-refractivity contribution in [2.45, 2.75) is 6.92 Å². The van der Waals surface area contributed by atoms with E-state index in [0.717, 1.165) is 11.4 Å². The number of pyridine rings is 1. The van der Waals surface area contributed by atoms with Gasteiger partial charge in [0.15, 0.2) is 0 Å². The number of carbonyl (C=O) groups is 1. The minimum atomic E-state index is -0.334. The highest BCUT2D eigenvalue weighted by molar-refractivity contribution is 5.89. The SMILES string of the molecule is CCOC(=O)c1ccc(Nc2ncn(-c3ccncc3)n2)cc1. The number of benzene rings is 1. The van der Waals surface area contributed by atoms with E-state index in [1.165, 1.54) is 0 Å². The third-order valence-electron chi connectivity index (χ3n) is 3.07. The van der Waals surface area contributed by atoms with Crippen LogP contribution < -0.4 is 5.32 Å². The number of aromatic nitrogens is 4. The molecule has 3 rings (SSSR count). The zero-order chi connectivity index (χ0) is 16.1. The molecule has 3 aromatic rings. The van der Waals surface area contributed by atoms with E-state index < -0.39 is 0 Å². The normalized spacial score (nSPS) is 10.3. The number of hydrogen-bond donors (Lipinski definition) is 1. The number of esters is 1. The van der Waals surface area contributed by atoms with Gasteiger partial charge in [0.1, 0.15) is 6.33 Å². The summed E-state index contributed by atoms with van der Waals surface area (Å²) >= 11 is 0. The monoisotopic (exact) mass is 309 g/mol. The molecule has 0 saturated carbocycles. The van der Waals surface area contributed by atoms with Crippen molar-refractivity contribution in [2.24, 2.45) is 0 Å². The van der Waals surface area contributed by atoms with Crippen molar-refractivity contribution in [3.63, 3.8) is 0 Å². The smallest absolute Gasteiger partial charge is 0.338 e. The first-order valence-corrected chi connectivity index (χ1v) is 7.12. The van der Waals surface area contributed by atoms with Gasteiger partial charge in [-0.2, -0.15) is 4.98 Å². The van der Waals surface area contributed by atoms with Crippen molar-refractivity contribution >= 4 is 17.6 Å². The Hall–Kier alpha value is -3.22. The Labute approximate surface area is 133 Å². The predicted octanol–water partition coefficient (Wildman–Crippen LogP) is 2.58. The molecule has 0 aliphatic carbocycles. The molecule has 116 valence electrons. The van der Waals surface area contributed by atoms with Crippen molar-refractivity contribution in [1.29, 1.82) is 0 Å². The number of ether oxygens (including phenoxy) is 1. The second-order valence-electron chi connectivity index (χ2n) is 4.64. The van der Waals surface area contributed by atoms with Crippen molar-refractivity contribution in [3.8, 4) is 5.69 Å². The van der Waals surface area contributed by atoms with Gasteiger partial charge in [-0.15, -0.1) is 5.10 Å². The van der Waals surface area contributed by atoms with Crippen LogP contribution in [0.4, 0.5) is 11.6 Å². The van der Waals surface area contributed by atoms with Gasteiger partial charge in [0.25, 0.3) is 0 Å². The Kier molecular flexibility index (Phi) is 4.28. The lowest BCUT2D eigenvalue weighted by Crippen LogP contribution is -2.04. The molecular weight excluding hydrogens is 294 g/mol. The van der Waals surface area contributed by atoms with E-state index in [1.807, 2.05) is 12.1 Å². The van der Waals surface area contributed by atoms with Crippen LogP contribution in [0.1, 0.15) is 17.3 Å². The van der Waals surface area contributed by atoms with E-state index in [9.17, 15) is 4.79 Å². The molecular formula is C16H15N5O2. The fraction of sp³-hybridized carbons (Fsp3) is 0.125. The van der Waals surface area contributed by atoms with Gasteiger partial charge in [-0.3, -0.25) is 4.98 Å². The van der Waals surface area contributed by atoms with Crippen LogP contribution >= 0.6 is 0 Å². The molecule has 0 radical (unpaired) electrons. The topological polar surface area (TPSA) is 81.9 Å². The number of nitrogens with zero attached hydrogens (tertiary/aromatic N) is 4. The molecule has 2 aromatic heterocycles. The van der Waals surface area contributed by atoms with Crippen LogP contribution in [0.15, 0.2) is 55.1 Å². The maximum atomic E-state index is 11.6. The van der Waals surface area contributed by atoms with Crippen LogP contribution in [0.3, 0.4) is 0 Å². The Balaban J connectivity index is 1.70. The number of carbonyl (C=O) groups excluding carboxylic acids is 1. The summed E-state index contributed by atoms with van der Waals surface area (Å²) in [4.78, 5) is 19.8. The van der Waals surface area contributed by atoms with Crippen LogP contribution in [0.5, 0.6) is 0 Å². The number of anilines is 2. The average molecular weight is 309 g/mol. The van der Waals surface area contributed by atoms with Crippen molar-refractivity contribution in [1.82, 2.24) is 19.7 Å². The van der Waals surface area contributed by atoms with Gasteiger partial charge in [-0.05, 0) is 43.3 Å². The Bertz CT molecular complexity index is 784. The molecule has 0 aliphatic heterocycles. The molecule has 0 spiro atoms. The lowest BCUT2D eigenvalue weighted by Gasteiger charge is -2.04. The molecule has 2 heterocycles.